The van der Waals surface area contributed by atoms with Crippen LogP contribution in [0.2, 0.25) is 0 Å². The van der Waals surface area contributed by atoms with Crippen LogP contribution in [0.4, 0.5) is 0 Å². The average molecular weight is 245 g/mol. The van der Waals surface area contributed by atoms with Crippen molar-refractivity contribution in [2.45, 2.75) is 26.3 Å². The summed E-state index contributed by atoms with van der Waals surface area (Å²) in [5, 5.41) is 3.34. The van der Waals surface area contributed by atoms with Crippen molar-refractivity contribution in [1.82, 2.24) is 14.9 Å². The number of hydrogen-bond donors (Lipinski definition) is 1. The number of aromatic nitrogens is 2. The van der Waals surface area contributed by atoms with Crippen molar-refractivity contribution < 1.29 is 4.79 Å². The van der Waals surface area contributed by atoms with E-state index in [2.05, 4.69) is 28.5 Å². The Morgan fingerprint density at radius 3 is 3.06 bits per heavy atom. The first-order valence-corrected chi connectivity index (χ1v) is 6.27. The molecule has 0 radical (unpaired) electrons. The van der Waals surface area contributed by atoms with Gasteiger partial charge in [-0.1, -0.05) is 6.07 Å². The Hall–Kier alpha value is -1.68. The fourth-order valence-electron chi connectivity index (χ4n) is 1.99. The molecule has 0 aliphatic carbocycles. The quantitative estimate of drug-likeness (QED) is 0.792. The summed E-state index contributed by atoms with van der Waals surface area (Å²) >= 11 is 0. The number of benzene rings is 1. The van der Waals surface area contributed by atoms with E-state index in [0.29, 0.717) is 6.42 Å². The van der Waals surface area contributed by atoms with Gasteiger partial charge in [0.05, 0.1) is 17.4 Å². The number of carbonyl (C=O) groups is 1. The normalized spacial score (nSPS) is 11.0. The lowest BCUT2D eigenvalue weighted by atomic mass is 10.2. The van der Waals surface area contributed by atoms with Crippen LogP contribution in [0.3, 0.4) is 0 Å². The van der Waals surface area contributed by atoms with Gasteiger partial charge in [-0.3, -0.25) is 0 Å². The van der Waals surface area contributed by atoms with Crippen molar-refractivity contribution in [3.8, 4) is 0 Å². The number of nitrogens with zero attached hydrogens (tertiary/aromatic N) is 2. The highest BCUT2D eigenvalue weighted by Crippen LogP contribution is 2.13. The first-order valence-electron chi connectivity index (χ1n) is 6.27. The summed E-state index contributed by atoms with van der Waals surface area (Å²) < 4.78 is 2.01. The molecular weight excluding hydrogens is 226 g/mol. The fraction of sp³-hybridized carbons (Fsp3) is 0.429. The molecule has 2 aromatic rings. The zero-order valence-electron chi connectivity index (χ0n) is 10.9. The molecule has 1 aromatic heterocycles. The van der Waals surface area contributed by atoms with Gasteiger partial charge in [-0.25, -0.2) is 4.98 Å². The number of ketones is 1. The van der Waals surface area contributed by atoms with Crippen LogP contribution in [0.1, 0.15) is 25.3 Å². The first kappa shape index (κ1) is 12.8. The molecule has 4 nitrogen and oxygen atoms in total. The number of nitrogens with one attached hydrogen (secondary N) is 1. The third-order valence-electron chi connectivity index (χ3n) is 3.00. The van der Waals surface area contributed by atoms with E-state index in [1.165, 1.54) is 5.56 Å². The molecule has 0 fully saturated rings. The van der Waals surface area contributed by atoms with Gasteiger partial charge >= 0.3 is 0 Å². The standard InChI is InChI=1S/C14H19N3O/c1-11(18)4-3-7-15-9-12-5-6-14-13(8-12)16-10-17(14)2/h5-6,8,10,15H,3-4,7,9H2,1-2H3. The van der Waals surface area contributed by atoms with Crippen LogP contribution in [0, 0.1) is 0 Å². The maximum atomic E-state index is 10.8. The summed E-state index contributed by atoms with van der Waals surface area (Å²) in [7, 11) is 2.00. The number of fused-ring (bicyclic) bond motifs is 1. The monoisotopic (exact) mass is 245 g/mol. The molecule has 96 valence electrons. The molecule has 0 saturated carbocycles. The van der Waals surface area contributed by atoms with Gasteiger partial charge in [0.2, 0.25) is 0 Å². The molecule has 0 amide bonds. The third kappa shape index (κ3) is 3.17. The van der Waals surface area contributed by atoms with Crippen LogP contribution in [-0.2, 0) is 18.4 Å². The number of carbonyl (C=O) groups excluding carboxylic acids is 1. The molecule has 4 heteroatoms. The van der Waals surface area contributed by atoms with Crippen molar-refractivity contribution in [2.24, 2.45) is 7.05 Å². The molecule has 0 atom stereocenters. The van der Waals surface area contributed by atoms with Gasteiger partial charge in [-0.15, -0.1) is 0 Å². The second-order valence-corrected chi connectivity index (χ2v) is 4.66. The van der Waals surface area contributed by atoms with Crippen LogP contribution in [0.25, 0.3) is 11.0 Å². The van der Waals surface area contributed by atoms with Crippen molar-refractivity contribution >= 4 is 16.8 Å². The lowest BCUT2D eigenvalue weighted by molar-refractivity contribution is -0.117. The van der Waals surface area contributed by atoms with Crippen LogP contribution in [0.15, 0.2) is 24.5 Å². The smallest absolute Gasteiger partial charge is 0.129 e. The highest BCUT2D eigenvalue weighted by molar-refractivity contribution is 5.76. The van der Waals surface area contributed by atoms with E-state index < -0.39 is 0 Å². The van der Waals surface area contributed by atoms with Gasteiger partial charge in [0.1, 0.15) is 5.78 Å². The Labute approximate surface area is 107 Å². The molecule has 0 aliphatic rings. The van der Waals surface area contributed by atoms with E-state index >= 15 is 0 Å². The molecule has 0 aliphatic heterocycles. The third-order valence-corrected chi connectivity index (χ3v) is 3.00. The lowest BCUT2D eigenvalue weighted by Gasteiger charge is -2.04. The second-order valence-electron chi connectivity index (χ2n) is 4.66. The predicted octanol–water partition coefficient (Wildman–Crippen LogP) is 2.03. The Kier molecular flexibility index (Phi) is 4.10. The molecule has 1 aromatic carbocycles. The van der Waals surface area contributed by atoms with E-state index in [9.17, 15) is 4.79 Å². The number of hydrogen-bond acceptors (Lipinski definition) is 3. The summed E-state index contributed by atoms with van der Waals surface area (Å²) in [4.78, 5) is 15.1. The Morgan fingerprint density at radius 2 is 2.28 bits per heavy atom. The highest BCUT2D eigenvalue weighted by atomic mass is 16.1. The van der Waals surface area contributed by atoms with Gasteiger partial charge in [0.15, 0.2) is 0 Å². The predicted molar refractivity (Wildman–Crippen MR) is 72.3 cm³/mol. The summed E-state index contributed by atoms with van der Waals surface area (Å²) in [6, 6.07) is 6.31. The molecule has 0 spiro atoms. The Bertz CT molecular complexity index is 545. The topological polar surface area (TPSA) is 46.9 Å². The lowest BCUT2D eigenvalue weighted by Crippen LogP contribution is -2.15. The van der Waals surface area contributed by atoms with Crippen molar-refractivity contribution in [3.05, 3.63) is 30.1 Å². The van der Waals surface area contributed by atoms with E-state index in [4.69, 9.17) is 0 Å². The largest absolute Gasteiger partial charge is 0.334 e. The summed E-state index contributed by atoms with van der Waals surface area (Å²) in [6.45, 7) is 3.33. The van der Waals surface area contributed by atoms with E-state index in [1.807, 2.05) is 17.9 Å². The molecule has 0 bridgehead atoms. The van der Waals surface area contributed by atoms with E-state index in [1.54, 1.807) is 6.92 Å². The highest BCUT2D eigenvalue weighted by Gasteiger charge is 2.01. The number of rotatable bonds is 6. The zero-order valence-corrected chi connectivity index (χ0v) is 10.9. The number of aryl methyl sites for hydroxylation is 1. The maximum Gasteiger partial charge on any atom is 0.129 e. The summed E-state index contributed by atoms with van der Waals surface area (Å²) in [5.41, 5.74) is 3.40. The van der Waals surface area contributed by atoms with Gasteiger partial charge < -0.3 is 14.7 Å². The van der Waals surface area contributed by atoms with Crippen LogP contribution < -0.4 is 5.32 Å². The molecule has 1 heterocycles. The van der Waals surface area contributed by atoms with E-state index in [-0.39, 0.29) is 5.78 Å². The minimum atomic E-state index is 0.256. The number of imidazole rings is 1. The van der Waals surface area contributed by atoms with Crippen LogP contribution in [-0.4, -0.2) is 21.9 Å². The van der Waals surface area contributed by atoms with Gasteiger partial charge in [-0.2, -0.15) is 0 Å². The SMILES string of the molecule is CC(=O)CCCNCc1ccc2c(c1)ncn2C. The summed E-state index contributed by atoms with van der Waals surface area (Å²) in [6.07, 6.45) is 3.39. The molecule has 18 heavy (non-hydrogen) atoms. The minimum absolute atomic E-state index is 0.256. The molecular formula is C14H19N3O. The molecule has 2 rings (SSSR count). The molecule has 0 saturated heterocycles. The van der Waals surface area contributed by atoms with Crippen molar-refractivity contribution in [2.75, 3.05) is 6.54 Å². The zero-order chi connectivity index (χ0) is 13.0. The molecule has 1 N–H and O–H groups in total. The van der Waals surface area contributed by atoms with Gasteiger partial charge in [0.25, 0.3) is 0 Å². The Balaban J connectivity index is 1.86. The fourth-order valence-corrected chi connectivity index (χ4v) is 1.99. The first-order chi connectivity index (χ1) is 8.66. The number of Topliss-reactive ketones (excluding diaryl/α,β-unsaturated/α-hetero) is 1. The van der Waals surface area contributed by atoms with Crippen molar-refractivity contribution in [3.63, 3.8) is 0 Å². The van der Waals surface area contributed by atoms with Gasteiger partial charge in [-0.05, 0) is 37.6 Å². The Morgan fingerprint density at radius 1 is 1.44 bits per heavy atom. The second kappa shape index (κ2) is 5.78. The summed E-state index contributed by atoms with van der Waals surface area (Å²) in [5.74, 6) is 0.256. The molecule has 0 unspecified atom stereocenters. The minimum Gasteiger partial charge on any atom is -0.334 e. The van der Waals surface area contributed by atoms with Crippen LogP contribution >= 0.6 is 0 Å². The van der Waals surface area contributed by atoms with Gasteiger partial charge in [0, 0.05) is 20.0 Å². The van der Waals surface area contributed by atoms with Crippen molar-refractivity contribution in [1.29, 1.82) is 0 Å². The van der Waals surface area contributed by atoms with E-state index in [0.717, 1.165) is 30.5 Å². The maximum absolute atomic E-state index is 10.8. The van der Waals surface area contributed by atoms with Crippen LogP contribution in [0.5, 0.6) is 0 Å². The average Bonchev–Trinajstić information content (AvgIpc) is 2.70.